The van der Waals surface area contributed by atoms with Gasteiger partial charge in [0, 0.05) is 17.3 Å². The molecule has 0 saturated heterocycles. The molecule has 2 aromatic heterocycles. The first-order valence-electron chi connectivity index (χ1n) is 6.59. The van der Waals surface area contributed by atoms with Gasteiger partial charge in [0.2, 0.25) is 0 Å². The highest BCUT2D eigenvalue weighted by Gasteiger charge is 2.32. The molecule has 0 aliphatic heterocycles. The zero-order valence-corrected chi connectivity index (χ0v) is 11.6. The molecule has 0 atom stereocenters. The van der Waals surface area contributed by atoms with E-state index in [9.17, 15) is 18.3 Å². The van der Waals surface area contributed by atoms with E-state index >= 15 is 0 Å². The van der Waals surface area contributed by atoms with Gasteiger partial charge < -0.3 is 5.11 Å². The third-order valence-corrected chi connectivity index (χ3v) is 3.28. The highest BCUT2D eigenvalue weighted by molar-refractivity contribution is 5.76. The van der Waals surface area contributed by atoms with Crippen LogP contribution < -0.4 is 0 Å². The van der Waals surface area contributed by atoms with Crippen molar-refractivity contribution in [2.45, 2.75) is 6.18 Å². The SMILES string of the molecule is Oc1ccc(-c2ccnc(C(F)(F)F)c2)cc1-c1ccnnc1. The van der Waals surface area contributed by atoms with Crippen LogP contribution in [0.25, 0.3) is 22.3 Å². The summed E-state index contributed by atoms with van der Waals surface area (Å²) in [5.41, 5.74) is 1.00. The zero-order valence-electron chi connectivity index (χ0n) is 11.6. The number of alkyl halides is 3. The van der Waals surface area contributed by atoms with Crippen LogP contribution in [0.4, 0.5) is 13.2 Å². The van der Waals surface area contributed by atoms with Gasteiger partial charge in [-0.25, -0.2) is 0 Å². The van der Waals surface area contributed by atoms with Gasteiger partial charge in [-0.3, -0.25) is 4.98 Å². The van der Waals surface area contributed by atoms with E-state index in [1.807, 2.05) is 0 Å². The molecule has 3 rings (SSSR count). The van der Waals surface area contributed by atoms with Gasteiger partial charge in [0.25, 0.3) is 0 Å². The van der Waals surface area contributed by atoms with Crippen molar-refractivity contribution in [3.63, 3.8) is 0 Å². The monoisotopic (exact) mass is 317 g/mol. The average molecular weight is 317 g/mol. The van der Waals surface area contributed by atoms with Crippen LogP contribution in [0.3, 0.4) is 0 Å². The number of aromatic hydroxyl groups is 1. The average Bonchev–Trinajstić information content (AvgIpc) is 2.55. The number of benzene rings is 1. The van der Waals surface area contributed by atoms with E-state index in [1.165, 1.54) is 24.5 Å². The summed E-state index contributed by atoms with van der Waals surface area (Å²) in [5, 5.41) is 17.4. The van der Waals surface area contributed by atoms with Crippen LogP contribution in [0.1, 0.15) is 5.69 Å². The minimum absolute atomic E-state index is 0.00634. The molecule has 0 radical (unpaired) electrons. The minimum atomic E-state index is -4.51. The van der Waals surface area contributed by atoms with Crippen LogP contribution >= 0.6 is 0 Å². The maximum absolute atomic E-state index is 12.8. The van der Waals surface area contributed by atoms with Gasteiger partial charge in [-0.1, -0.05) is 6.07 Å². The van der Waals surface area contributed by atoms with E-state index in [4.69, 9.17) is 0 Å². The summed E-state index contributed by atoms with van der Waals surface area (Å²) in [6, 6.07) is 8.68. The summed E-state index contributed by atoms with van der Waals surface area (Å²) >= 11 is 0. The first kappa shape index (κ1) is 15.0. The van der Waals surface area contributed by atoms with E-state index in [0.717, 1.165) is 12.3 Å². The lowest BCUT2D eigenvalue weighted by Gasteiger charge is -2.10. The molecule has 4 nitrogen and oxygen atoms in total. The van der Waals surface area contributed by atoms with Crippen LogP contribution in [0.2, 0.25) is 0 Å². The second-order valence-corrected chi connectivity index (χ2v) is 4.79. The third-order valence-electron chi connectivity index (χ3n) is 3.28. The van der Waals surface area contributed by atoms with Crippen molar-refractivity contribution >= 4 is 0 Å². The quantitative estimate of drug-likeness (QED) is 0.778. The lowest BCUT2D eigenvalue weighted by atomic mass is 9.99. The second-order valence-electron chi connectivity index (χ2n) is 4.79. The van der Waals surface area contributed by atoms with Crippen molar-refractivity contribution < 1.29 is 18.3 Å². The van der Waals surface area contributed by atoms with Crippen LogP contribution in [-0.4, -0.2) is 20.3 Å². The van der Waals surface area contributed by atoms with Gasteiger partial charge in [-0.15, -0.1) is 0 Å². The number of phenols is 1. The fourth-order valence-electron chi connectivity index (χ4n) is 2.16. The summed E-state index contributed by atoms with van der Waals surface area (Å²) < 4.78 is 38.3. The van der Waals surface area contributed by atoms with E-state index in [1.54, 1.807) is 18.2 Å². The van der Waals surface area contributed by atoms with Crippen molar-refractivity contribution in [3.8, 4) is 28.0 Å². The van der Waals surface area contributed by atoms with Crippen molar-refractivity contribution in [1.82, 2.24) is 15.2 Å². The Hall–Kier alpha value is -2.96. The maximum atomic E-state index is 12.8. The molecule has 0 aliphatic carbocycles. The topological polar surface area (TPSA) is 58.9 Å². The number of aromatic nitrogens is 3. The largest absolute Gasteiger partial charge is 0.507 e. The molecular formula is C16H10F3N3O. The molecule has 3 aromatic rings. The molecule has 23 heavy (non-hydrogen) atoms. The molecular weight excluding hydrogens is 307 g/mol. The Morgan fingerprint density at radius 1 is 0.826 bits per heavy atom. The van der Waals surface area contributed by atoms with Crippen molar-refractivity contribution in [2.75, 3.05) is 0 Å². The predicted molar refractivity (Wildman–Crippen MR) is 77.4 cm³/mol. The number of halogens is 3. The van der Waals surface area contributed by atoms with Crippen LogP contribution in [-0.2, 0) is 6.18 Å². The van der Waals surface area contributed by atoms with Gasteiger partial charge in [-0.2, -0.15) is 23.4 Å². The van der Waals surface area contributed by atoms with Gasteiger partial charge in [0.15, 0.2) is 0 Å². The maximum Gasteiger partial charge on any atom is 0.433 e. The van der Waals surface area contributed by atoms with E-state index in [-0.39, 0.29) is 5.75 Å². The first-order chi connectivity index (χ1) is 10.9. The summed E-state index contributed by atoms with van der Waals surface area (Å²) in [4.78, 5) is 3.34. The highest BCUT2D eigenvalue weighted by atomic mass is 19.4. The van der Waals surface area contributed by atoms with E-state index in [2.05, 4.69) is 15.2 Å². The standard InChI is InChI=1S/C16H10F3N3O/c17-16(18,19)15-8-11(3-5-20-15)10-1-2-14(23)13(7-10)12-4-6-21-22-9-12/h1-9,23H. The summed E-state index contributed by atoms with van der Waals surface area (Å²) in [7, 11) is 0. The number of nitrogens with zero attached hydrogens (tertiary/aromatic N) is 3. The number of hydrogen-bond acceptors (Lipinski definition) is 4. The van der Waals surface area contributed by atoms with Crippen molar-refractivity contribution in [2.24, 2.45) is 0 Å². The molecule has 0 fully saturated rings. The molecule has 1 aromatic carbocycles. The van der Waals surface area contributed by atoms with Crippen molar-refractivity contribution in [1.29, 1.82) is 0 Å². The zero-order chi connectivity index (χ0) is 16.4. The van der Waals surface area contributed by atoms with E-state index in [0.29, 0.717) is 22.3 Å². The summed E-state index contributed by atoms with van der Waals surface area (Å²) in [5.74, 6) is 0.00634. The Morgan fingerprint density at radius 2 is 1.57 bits per heavy atom. The Kier molecular flexibility index (Phi) is 3.69. The molecule has 0 aliphatic rings. The first-order valence-corrected chi connectivity index (χ1v) is 6.59. The minimum Gasteiger partial charge on any atom is -0.507 e. The molecule has 0 spiro atoms. The molecule has 1 N–H and O–H groups in total. The molecule has 0 amide bonds. The van der Waals surface area contributed by atoms with Gasteiger partial charge in [-0.05, 0) is 41.5 Å². The van der Waals surface area contributed by atoms with Crippen LogP contribution in [0.15, 0.2) is 55.0 Å². The lowest BCUT2D eigenvalue weighted by Crippen LogP contribution is -2.07. The molecule has 0 bridgehead atoms. The molecule has 0 saturated carbocycles. The predicted octanol–water partition coefficient (Wildman–Crippen LogP) is 3.93. The molecule has 116 valence electrons. The molecule has 2 heterocycles. The molecule has 0 unspecified atom stereocenters. The Labute approximate surface area is 129 Å². The normalized spacial score (nSPS) is 11.4. The van der Waals surface area contributed by atoms with Crippen LogP contribution in [0.5, 0.6) is 5.75 Å². The smallest absolute Gasteiger partial charge is 0.433 e. The summed E-state index contributed by atoms with van der Waals surface area (Å²) in [6.07, 6.45) is -0.467. The summed E-state index contributed by atoms with van der Waals surface area (Å²) in [6.45, 7) is 0. The highest BCUT2D eigenvalue weighted by Crippen LogP contribution is 2.35. The van der Waals surface area contributed by atoms with Crippen molar-refractivity contribution in [3.05, 3.63) is 60.7 Å². The molecule has 7 heteroatoms. The second kappa shape index (κ2) is 5.68. The van der Waals surface area contributed by atoms with Gasteiger partial charge in [0.1, 0.15) is 11.4 Å². The van der Waals surface area contributed by atoms with E-state index < -0.39 is 11.9 Å². The fourth-order valence-corrected chi connectivity index (χ4v) is 2.16. The number of pyridine rings is 1. The number of phenolic OH excluding ortho intramolecular Hbond substituents is 1. The third kappa shape index (κ3) is 3.13. The van der Waals surface area contributed by atoms with Gasteiger partial charge in [0.05, 0.1) is 12.4 Å². The fraction of sp³-hybridized carbons (Fsp3) is 0.0625. The Morgan fingerprint density at radius 3 is 2.26 bits per heavy atom. The Balaban J connectivity index is 2.09. The lowest BCUT2D eigenvalue weighted by molar-refractivity contribution is -0.141. The number of rotatable bonds is 2. The number of hydrogen-bond donors (Lipinski definition) is 1. The van der Waals surface area contributed by atoms with Crippen LogP contribution in [0, 0.1) is 0 Å². The Bertz CT molecular complexity index is 835. The van der Waals surface area contributed by atoms with Gasteiger partial charge >= 0.3 is 6.18 Å².